The van der Waals surface area contributed by atoms with E-state index in [9.17, 15) is 9.59 Å². The van der Waals surface area contributed by atoms with Gasteiger partial charge >= 0.3 is 5.97 Å². The first-order chi connectivity index (χ1) is 14.3. The average Bonchev–Trinajstić information content (AvgIpc) is 3.03. The normalized spacial score (nSPS) is 14.4. The number of benzene rings is 2. The first kappa shape index (κ1) is 19.6. The Morgan fingerprint density at radius 1 is 1.00 bits per heavy atom. The largest absolute Gasteiger partial charge is 0.452 e. The summed E-state index contributed by atoms with van der Waals surface area (Å²) in [5.41, 5.74) is 2.99. The molecule has 5 nitrogen and oxygen atoms in total. The smallest absolute Gasteiger partial charge is 0.343 e. The van der Waals surface area contributed by atoms with Crippen molar-refractivity contribution in [3.05, 3.63) is 95.0 Å². The predicted octanol–water partition coefficient (Wildman–Crippen LogP) is 5.21. The third kappa shape index (κ3) is 4.01. The maximum absolute atomic E-state index is 12.7. The lowest BCUT2D eigenvalue weighted by Crippen LogP contribution is -2.10. The highest BCUT2D eigenvalue weighted by Crippen LogP contribution is 2.35. The molecular formula is C25H21NO4. The maximum Gasteiger partial charge on any atom is 0.343 e. The number of pyridine rings is 1. The number of rotatable bonds is 3. The zero-order chi connectivity index (χ0) is 21.3. The minimum Gasteiger partial charge on any atom is -0.452 e. The van der Waals surface area contributed by atoms with Gasteiger partial charge in [-0.15, -0.1) is 0 Å². The summed E-state index contributed by atoms with van der Waals surface area (Å²) >= 11 is 0. The van der Waals surface area contributed by atoms with Crippen molar-refractivity contribution < 1.29 is 19.1 Å². The zero-order valence-corrected chi connectivity index (χ0v) is 17.0. The van der Waals surface area contributed by atoms with Crippen LogP contribution in [-0.2, 0) is 5.41 Å². The zero-order valence-electron chi connectivity index (χ0n) is 17.0. The minimum absolute atomic E-state index is 0.0612. The third-order valence-electron chi connectivity index (χ3n) is 4.84. The maximum atomic E-state index is 12.7. The number of Topliss-reactive ketones (excluding diaryl/α,β-unsaturated/α-hetero) is 1. The van der Waals surface area contributed by atoms with Crippen LogP contribution in [0, 0.1) is 0 Å². The number of carbonyl (C=O) groups is 2. The number of fused-ring (bicyclic) bond motifs is 1. The van der Waals surface area contributed by atoms with Crippen LogP contribution in [0.5, 0.6) is 11.5 Å². The Bertz CT molecular complexity index is 1140. The molecule has 0 N–H and O–H groups in total. The molecule has 0 radical (unpaired) electrons. The molecule has 30 heavy (non-hydrogen) atoms. The highest BCUT2D eigenvalue weighted by molar-refractivity contribution is 6.14. The topological polar surface area (TPSA) is 65.5 Å². The number of hydrogen-bond donors (Lipinski definition) is 0. The molecule has 1 aromatic heterocycles. The van der Waals surface area contributed by atoms with E-state index in [0.717, 1.165) is 5.56 Å². The summed E-state index contributed by atoms with van der Waals surface area (Å²) in [7, 11) is 0. The van der Waals surface area contributed by atoms with E-state index in [4.69, 9.17) is 9.47 Å². The van der Waals surface area contributed by atoms with Gasteiger partial charge < -0.3 is 9.47 Å². The van der Waals surface area contributed by atoms with E-state index in [1.54, 1.807) is 36.4 Å². The molecule has 1 aliphatic rings. The van der Waals surface area contributed by atoms with Gasteiger partial charge in [-0.05, 0) is 46.9 Å². The monoisotopic (exact) mass is 399 g/mol. The molecule has 3 aromatic rings. The summed E-state index contributed by atoms with van der Waals surface area (Å²) in [5, 5.41) is 0. The van der Waals surface area contributed by atoms with Crippen molar-refractivity contribution in [2.45, 2.75) is 26.2 Å². The van der Waals surface area contributed by atoms with Crippen molar-refractivity contribution >= 4 is 17.8 Å². The van der Waals surface area contributed by atoms with Crippen molar-refractivity contribution in [2.75, 3.05) is 0 Å². The van der Waals surface area contributed by atoms with Gasteiger partial charge in [0.15, 0.2) is 5.76 Å². The van der Waals surface area contributed by atoms with Crippen LogP contribution in [0.2, 0.25) is 0 Å². The number of hydrogen-bond acceptors (Lipinski definition) is 5. The Balaban J connectivity index is 1.53. The van der Waals surface area contributed by atoms with Gasteiger partial charge in [-0.1, -0.05) is 45.0 Å². The molecule has 0 spiro atoms. The van der Waals surface area contributed by atoms with E-state index in [1.807, 2.05) is 12.1 Å². The predicted molar refractivity (Wildman–Crippen MR) is 114 cm³/mol. The highest BCUT2D eigenvalue weighted by Gasteiger charge is 2.28. The number of esters is 1. The summed E-state index contributed by atoms with van der Waals surface area (Å²) < 4.78 is 11.1. The lowest BCUT2D eigenvalue weighted by Gasteiger charge is -2.18. The molecule has 0 bridgehead atoms. The molecular weight excluding hydrogens is 378 g/mol. The number of aromatic nitrogens is 1. The van der Waals surface area contributed by atoms with Crippen molar-refractivity contribution in [2.24, 2.45) is 0 Å². The van der Waals surface area contributed by atoms with Crippen molar-refractivity contribution in [3.8, 4) is 11.5 Å². The molecule has 4 rings (SSSR count). The Morgan fingerprint density at radius 3 is 2.37 bits per heavy atom. The molecule has 0 aliphatic carbocycles. The second-order valence-corrected chi connectivity index (χ2v) is 8.10. The molecule has 0 saturated heterocycles. The van der Waals surface area contributed by atoms with Gasteiger partial charge in [-0.3, -0.25) is 9.78 Å². The average molecular weight is 399 g/mol. The fourth-order valence-electron chi connectivity index (χ4n) is 3.12. The molecule has 2 aromatic carbocycles. The Hall–Kier alpha value is -3.73. The molecule has 0 unspecified atom stereocenters. The van der Waals surface area contributed by atoms with Crippen LogP contribution in [0.3, 0.4) is 0 Å². The van der Waals surface area contributed by atoms with E-state index in [2.05, 4.69) is 37.9 Å². The first-order valence-electron chi connectivity index (χ1n) is 9.62. The molecule has 1 aliphatic heterocycles. The summed E-state index contributed by atoms with van der Waals surface area (Å²) in [6.07, 6.45) is 4.76. The number of allylic oxidation sites excluding steroid dienone is 1. The van der Waals surface area contributed by atoms with Gasteiger partial charge in [0.05, 0.1) is 11.1 Å². The standard InChI is InChI=1S/C25H21NO4/c1-25(2,3)18-6-4-16(5-7-18)14-22-23(27)20-9-8-19(15-21(20)30-22)29-24(28)17-10-12-26-13-11-17/h4-15H,1-3H3/b22-14-. The van der Waals surface area contributed by atoms with Gasteiger partial charge in [0.25, 0.3) is 0 Å². The molecule has 0 fully saturated rings. The van der Waals surface area contributed by atoms with Crippen molar-refractivity contribution in [3.63, 3.8) is 0 Å². The van der Waals surface area contributed by atoms with Crippen LogP contribution in [-0.4, -0.2) is 16.7 Å². The minimum atomic E-state index is -0.503. The molecule has 0 atom stereocenters. The van der Waals surface area contributed by atoms with Crippen LogP contribution in [0.25, 0.3) is 6.08 Å². The molecule has 0 amide bonds. The number of ether oxygens (including phenoxy) is 2. The summed E-state index contributed by atoms with van der Waals surface area (Å²) in [6.45, 7) is 6.46. The van der Waals surface area contributed by atoms with E-state index >= 15 is 0 Å². The lowest BCUT2D eigenvalue weighted by atomic mass is 9.86. The number of ketones is 1. The van der Waals surface area contributed by atoms with Crippen LogP contribution in [0.15, 0.2) is 72.8 Å². The Morgan fingerprint density at radius 2 is 1.70 bits per heavy atom. The van der Waals surface area contributed by atoms with E-state index in [0.29, 0.717) is 22.6 Å². The van der Waals surface area contributed by atoms with E-state index in [-0.39, 0.29) is 17.0 Å². The van der Waals surface area contributed by atoms with Crippen LogP contribution < -0.4 is 9.47 Å². The third-order valence-corrected chi connectivity index (χ3v) is 4.84. The van der Waals surface area contributed by atoms with Gasteiger partial charge in [0, 0.05) is 18.5 Å². The van der Waals surface area contributed by atoms with Gasteiger partial charge in [-0.2, -0.15) is 0 Å². The highest BCUT2D eigenvalue weighted by atomic mass is 16.5. The summed E-state index contributed by atoms with van der Waals surface area (Å²) in [5.74, 6) is 0.219. The van der Waals surface area contributed by atoms with Gasteiger partial charge in [0.2, 0.25) is 5.78 Å². The Kier molecular flexibility index (Phi) is 4.96. The van der Waals surface area contributed by atoms with Crippen LogP contribution in [0.4, 0.5) is 0 Å². The van der Waals surface area contributed by atoms with Gasteiger partial charge in [0.1, 0.15) is 11.5 Å². The number of nitrogens with zero attached hydrogens (tertiary/aromatic N) is 1. The molecule has 150 valence electrons. The van der Waals surface area contributed by atoms with Crippen LogP contribution >= 0.6 is 0 Å². The second-order valence-electron chi connectivity index (χ2n) is 8.10. The SMILES string of the molecule is CC(C)(C)c1ccc(/C=C2\Oc3cc(OC(=O)c4ccncc4)ccc3C2=O)cc1. The van der Waals surface area contributed by atoms with E-state index in [1.165, 1.54) is 18.0 Å². The molecule has 5 heteroatoms. The van der Waals surface area contributed by atoms with E-state index < -0.39 is 5.97 Å². The second kappa shape index (κ2) is 7.59. The molecule has 2 heterocycles. The van der Waals surface area contributed by atoms with Crippen molar-refractivity contribution in [1.82, 2.24) is 4.98 Å². The fraction of sp³-hybridized carbons (Fsp3) is 0.160. The van der Waals surface area contributed by atoms with Crippen molar-refractivity contribution in [1.29, 1.82) is 0 Å². The summed E-state index contributed by atoms with van der Waals surface area (Å²) in [4.78, 5) is 28.8. The number of carbonyl (C=O) groups excluding carboxylic acids is 2. The summed E-state index contributed by atoms with van der Waals surface area (Å²) in [6, 6.07) is 15.9. The molecule has 0 saturated carbocycles. The quantitative estimate of drug-likeness (QED) is 0.343. The van der Waals surface area contributed by atoms with Crippen LogP contribution in [0.1, 0.15) is 52.6 Å². The van der Waals surface area contributed by atoms with Gasteiger partial charge in [-0.25, -0.2) is 4.79 Å². The fourth-order valence-corrected chi connectivity index (χ4v) is 3.12. The Labute approximate surface area is 175 Å². The lowest BCUT2D eigenvalue weighted by molar-refractivity contribution is 0.0734. The first-order valence-corrected chi connectivity index (χ1v) is 9.62.